The Morgan fingerprint density at radius 2 is 2.17 bits per heavy atom. The van der Waals surface area contributed by atoms with Crippen molar-refractivity contribution in [2.75, 3.05) is 26.2 Å². The molecule has 1 atom stereocenters. The Balaban J connectivity index is 1.17. The second kappa shape index (κ2) is 8.01. The Kier molecular flexibility index (Phi) is 5.24. The van der Waals surface area contributed by atoms with E-state index in [4.69, 9.17) is 4.52 Å². The normalized spacial score (nSPS) is 20.0. The highest BCUT2D eigenvalue weighted by atomic mass is 32.1. The molecule has 29 heavy (non-hydrogen) atoms. The SMILES string of the molecule is CC1CCc2sc(C(=O)N3CCN(Cc4nc(-c5cccs5)no4)CC3)cc2C1. The van der Waals surface area contributed by atoms with Gasteiger partial charge in [0.25, 0.3) is 5.91 Å². The number of amides is 1. The van der Waals surface area contributed by atoms with Crippen molar-refractivity contribution in [1.29, 1.82) is 0 Å². The number of piperazine rings is 1. The molecule has 0 saturated carbocycles. The van der Waals surface area contributed by atoms with Crippen LogP contribution < -0.4 is 0 Å². The molecule has 1 amide bonds. The van der Waals surface area contributed by atoms with Gasteiger partial charge in [0.05, 0.1) is 16.3 Å². The van der Waals surface area contributed by atoms with Gasteiger partial charge in [0.2, 0.25) is 11.7 Å². The van der Waals surface area contributed by atoms with Crippen molar-refractivity contribution >= 4 is 28.6 Å². The lowest BCUT2D eigenvalue weighted by atomic mass is 9.90. The smallest absolute Gasteiger partial charge is 0.264 e. The Hall–Kier alpha value is -2.03. The summed E-state index contributed by atoms with van der Waals surface area (Å²) >= 11 is 3.31. The van der Waals surface area contributed by atoms with E-state index in [1.807, 2.05) is 22.4 Å². The summed E-state index contributed by atoms with van der Waals surface area (Å²) in [6.45, 7) is 6.06. The van der Waals surface area contributed by atoms with E-state index in [0.717, 1.165) is 54.7 Å². The standard InChI is InChI=1S/C21H24N4O2S2/c1-14-4-5-16-15(11-14)12-18(29-16)21(26)25-8-6-24(7-9-25)13-19-22-20(23-27-19)17-3-2-10-28-17/h2-3,10,12,14H,4-9,11,13H2,1H3. The van der Waals surface area contributed by atoms with Crippen LogP contribution in [-0.2, 0) is 19.4 Å². The van der Waals surface area contributed by atoms with Crippen LogP contribution in [0.25, 0.3) is 10.7 Å². The van der Waals surface area contributed by atoms with Crippen LogP contribution in [0.2, 0.25) is 0 Å². The van der Waals surface area contributed by atoms with Crippen LogP contribution in [0.15, 0.2) is 28.1 Å². The lowest BCUT2D eigenvalue weighted by Crippen LogP contribution is -2.48. The fourth-order valence-electron chi connectivity index (χ4n) is 4.09. The molecule has 2 aliphatic rings. The second-order valence-corrected chi connectivity index (χ2v) is 10.0. The van der Waals surface area contributed by atoms with Crippen molar-refractivity contribution in [2.24, 2.45) is 5.92 Å². The first kappa shape index (κ1) is 19.0. The summed E-state index contributed by atoms with van der Waals surface area (Å²) in [4.78, 5) is 25.1. The minimum atomic E-state index is 0.189. The number of carbonyl (C=O) groups excluding carboxylic acids is 1. The number of aromatic nitrogens is 2. The maximum atomic E-state index is 13.0. The number of fused-ring (bicyclic) bond motifs is 1. The lowest BCUT2D eigenvalue weighted by Gasteiger charge is -2.33. The largest absolute Gasteiger partial charge is 0.338 e. The van der Waals surface area contributed by atoms with Crippen LogP contribution in [0, 0.1) is 5.92 Å². The highest BCUT2D eigenvalue weighted by Crippen LogP contribution is 2.33. The predicted molar refractivity (Wildman–Crippen MR) is 114 cm³/mol. The van der Waals surface area contributed by atoms with Gasteiger partial charge in [0.15, 0.2) is 0 Å². The average Bonchev–Trinajstić information content (AvgIpc) is 3.48. The van der Waals surface area contributed by atoms with Gasteiger partial charge in [-0.25, -0.2) is 0 Å². The van der Waals surface area contributed by atoms with Gasteiger partial charge in [-0.15, -0.1) is 22.7 Å². The van der Waals surface area contributed by atoms with Gasteiger partial charge < -0.3 is 9.42 Å². The van der Waals surface area contributed by atoms with Gasteiger partial charge in [-0.2, -0.15) is 4.98 Å². The van der Waals surface area contributed by atoms with Crippen LogP contribution >= 0.6 is 22.7 Å². The molecule has 1 unspecified atom stereocenters. The van der Waals surface area contributed by atoms with Crippen molar-refractivity contribution < 1.29 is 9.32 Å². The molecule has 0 radical (unpaired) electrons. The third kappa shape index (κ3) is 4.01. The molecule has 3 aromatic rings. The molecule has 0 bridgehead atoms. The molecule has 3 aromatic heterocycles. The number of aryl methyl sites for hydroxylation is 1. The summed E-state index contributed by atoms with van der Waals surface area (Å²) in [6.07, 6.45) is 3.48. The van der Waals surface area contributed by atoms with Gasteiger partial charge in [-0.05, 0) is 48.3 Å². The highest BCUT2D eigenvalue weighted by molar-refractivity contribution is 7.14. The molecule has 0 aromatic carbocycles. The summed E-state index contributed by atoms with van der Waals surface area (Å²) in [5, 5.41) is 6.08. The van der Waals surface area contributed by atoms with Crippen molar-refractivity contribution in [3.05, 3.63) is 44.8 Å². The third-order valence-corrected chi connectivity index (χ3v) is 7.86. The van der Waals surface area contributed by atoms with Crippen molar-refractivity contribution in [2.45, 2.75) is 32.7 Å². The fraction of sp³-hybridized carbons (Fsp3) is 0.476. The van der Waals surface area contributed by atoms with Crippen LogP contribution in [0.3, 0.4) is 0 Å². The molecule has 1 aliphatic carbocycles. The van der Waals surface area contributed by atoms with E-state index >= 15 is 0 Å². The molecule has 152 valence electrons. The first-order valence-corrected chi connectivity index (χ1v) is 11.8. The molecule has 0 spiro atoms. The molecule has 6 nitrogen and oxygen atoms in total. The van der Waals surface area contributed by atoms with Crippen LogP contribution in [0.4, 0.5) is 0 Å². The Labute approximate surface area is 178 Å². The summed E-state index contributed by atoms with van der Waals surface area (Å²) in [5.41, 5.74) is 1.40. The molecule has 5 rings (SSSR count). The zero-order chi connectivity index (χ0) is 19.8. The molecule has 0 N–H and O–H groups in total. The van der Waals surface area contributed by atoms with Crippen molar-refractivity contribution in [3.8, 4) is 10.7 Å². The minimum Gasteiger partial charge on any atom is -0.338 e. The molecule has 1 fully saturated rings. The second-order valence-electron chi connectivity index (χ2n) is 7.96. The molecular formula is C21H24N4O2S2. The monoisotopic (exact) mass is 428 g/mol. The van der Waals surface area contributed by atoms with E-state index < -0.39 is 0 Å². The van der Waals surface area contributed by atoms with Gasteiger partial charge in [-0.3, -0.25) is 9.69 Å². The number of rotatable bonds is 4. The fourth-order valence-corrected chi connectivity index (χ4v) is 5.92. The Morgan fingerprint density at radius 3 is 2.97 bits per heavy atom. The summed E-state index contributed by atoms with van der Waals surface area (Å²) in [6, 6.07) is 6.12. The first-order chi connectivity index (χ1) is 14.2. The van der Waals surface area contributed by atoms with Crippen molar-refractivity contribution in [3.63, 3.8) is 0 Å². The van der Waals surface area contributed by atoms with Gasteiger partial charge in [-0.1, -0.05) is 18.1 Å². The Morgan fingerprint density at radius 1 is 1.31 bits per heavy atom. The number of hydrogen-bond acceptors (Lipinski definition) is 7. The zero-order valence-corrected chi connectivity index (χ0v) is 18.1. The van der Waals surface area contributed by atoms with Gasteiger partial charge >= 0.3 is 0 Å². The van der Waals surface area contributed by atoms with Crippen LogP contribution in [0.1, 0.15) is 39.3 Å². The number of carbonyl (C=O) groups is 1. The quantitative estimate of drug-likeness (QED) is 0.630. The lowest BCUT2D eigenvalue weighted by molar-refractivity contribution is 0.0619. The molecule has 8 heteroatoms. The molecular weight excluding hydrogens is 404 g/mol. The predicted octanol–water partition coefficient (Wildman–Crippen LogP) is 3.94. The van der Waals surface area contributed by atoms with Gasteiger partial charge in [0.1, 0.15) is 0 Å². The first-order valence-electron chi connectivity index (χ1n) is 10.2. The number of nitrogens with zero attached hydrogens (tertiary/aromatic N) is 4. The van der Waals surface area contributed by atoms with Gasteiger partial charge in [0, 0.05) is 31.1 Å². The summed E-state index contributed by atoms with van der Waals surface area (Å²) < 4.78 is 5.41. The zero-order valence-electron chi connectivity index (χ0n) is 16.5. The topological polar surface area (TPSA) is 62.5 Å². The maximum absolute atomic E-state index is 13.0. The average molecular weight is 429 g/mol. The van der Waals surface area contributed by atoms with E-state index in [-0.39, 0.29) is 5.91 Å². The summed E-state index contributed by atoms with van der Waals surface area (Å²) in [7, 11) is 0. The Bertz CT molecular complexity index is 986. The number of thiophene rings is 2. The number of hydrogen-bond donors (Lipinski definition) is 0. The summed E-state index contributed by atoms with van der Waals surface area (Å²) in [5.74, 6) is 2.20. The van der Waals surface area contributed by atoms with Crippen LogP contribution in [-0.4, -0.2) is 52.0 Å². The van der Waals surface area contributed by atoms with E-state index in [1.54, 1.807) is 22.7 Å². The van der Waals surface area contributed by atoms with E-state index in [9.17, 15) is 4.79 Å². The van der Waals surface area contributed by atoms with Crippen LogP contribution in [0.5, 0.6) is 0 Å². The molecule has 1 saturated heterocycles. The minimum absolute atomic E-state index is 0.189. The molecule has 1 aliphatic heterocycles. The van der Waals surface area contributed by atoms with E-state index in [2.05, 4.69) is 28.0 Å². The maximum Gasteiger partial charge on any atom is 0.264 e. The van der Waals surface area contributed by atoms with Crippen molar-refractivity contribution in [1.82, 2.24) is 19.9 Å². The van der Waals surface area contributed by atoms with E-state index in [1.165, 1.54) is 16.9 Å². The highest BCUT2D eigenvalue weighted by Gasteiger charge is 2.27. The molecule has 4 heterocycles. The third-order valence-electron chi connectivity index (χ3n) is 5.77. The van der Waals surface area contributed by atoms with E-state index in [0.29, 0.717) is 18.3 Å².